The van der Waals surface area contributed by atoms with Crippen molar-refractivity contribution in [3.05, 3.63) is 41.7 Å². The van der Waals surface area contributed by atoms with E-state index in [1.165, 1.54) is 19.2 Å². The Bertz CT molecular complexity index is 369. The summed E-state index contributed by atoms with van der Waals surface area (Å²) in [5, 5.41) is 0. The summed E-state index contributed by atoms with van der Waals surface area (Å²) in [6.45, 7) is 0. The first kappa shape index (κ1) is 12.4. The Balaban J connectivity index is 3.28. The lowest BCUT2D eigenvalue weighted by atomic mass is 10.1. The van der Waals surface area contributed by atoms with Crippen molar-refractivity contribution in [3.63, 3.8) is 0 Å². The van der Waals surface area contributed by atoms with Gasteiger partial charge in [0, 0.05) is 5.56 Å². The largest absolute Gasteiger partial charge is 0.492 e. The summed E-state index contributed by atoms with van der Waals surface area (Å²) in [6.07, 6.45) is -4.57. The predicted octanol–water partition coefficient (Wildman–Crippen LogP) is 3.21. The molecule has 5 heteroatoms. The maximum atomic E-state index is 12.6. The van der Waals surface area contributed by atoms with Crippen LogP contribution in [0.1, 0.15) is 5.56 Å². The molecule has 0 unspecified atom stereocenters. The first-order valence-electron chi connectivity index (χ1n) is 4.45. The highest BCUT2D eigenvalue weighted by molar-refractivity contribution is 5.62. The molecule has 0 radical (unpaired) electrons. The third-order valence-electron chi connectivity index (χ3n) is 1.91. The van der Waals surface area contributed by atoms with Crippen LogP contribution in [0.3, 0.4) is 0 Å². The zero-order chi connectivity index (χ0) is 12.2. The van der Waals surface area contributed by atoms with E-state index >= 15 is 0 Å². The van der Waals surface area contributed by atoms with Gasteiger partial charge in [-0.2, -0.15) is 13.2 Å². The van der Waals surface area contributed by atoms with Gasteiger partial charge in [0.2, 0.25) is 5.76 Å². The number of allylic oxidation sites excluding steroid dienone is 1. The van der Waals surface area contributed by atoms with E-state index < -0.39 is 11.9 Å². The van der Waals surface area contributed by atoms with E-state index in [9.17, 15) is 13.2 Å². The predicted molar refractivity (Wildman–Crippen MR) is 53.4 cm³/mol. The highest BCUT2D eigenvalue weighted by Crippen LogP contribution is 2.33. The smallest absolute Gasteiger partial charge is 0.452 e. The summed E-state index contributed by atoms with van der Waals surface area (Å²) in [7, 11) is 2.14. The van der Waals surface area contributed by atoms with Crippen molar-refractivity contribution >= 4 is 5.76 Å². The molecule has 88 valence electrons. The molecule has 1 rings (SSSR count). The molecule has 0 heterocycles. The molecule has 0 bridgehead atoms. The molecule has 0 saturated heterocycles. The van der Waals surface area contributed by atoms with Gasteiger partial charge in [-0.3, -0.25) is 0 Å². The van der Waals surface area contributed by atoms with Crippen LogP contribution in [0.25, 0.3) is 5.76 Å². The summed E-state index contributed by atoms with van der Waals surface area (Å²) in [5.41, 5.74) is 0.319. The molecule has 1 aromatic carbocycles. The van der Waals surface area contributed by atoms with Gasteiger partial charge in [0.1, 0.15) is 0 Å². The van der Waals surface area contributed by atoms with E-state index in [1.807, 2.05) is 0 Å². The van der Waals surface area contributed by atoms with Crippen molar-refractivity contribution < 1.29 is 22.6 Å². The third-order valence-corrected chi connectivity index (χ3v) is 1.91. The van der Waals surface area contributed by atoms with E-state index in [-0.39, 0.29) is 5.76 Å². The second-order valence-electron chi connectivity index (χ2n) is 2.93. The lowest BCUT2D eigenvalue weighted by Crippen LogP contribution is -2.16. The van der Waals surface area contributed by atoms with Gasteiger partial charge in [0.25, 0.3) is 0 Å². The van der Waals surface area contributed by atoms with Gasteiger partial charge in [0.15, 0.2) is 5.76 Å². The van der Waals surface area contributed by atoms with Crippen LogP contribution in [-0.2, 0) is 9.47 Å². The number of hydrogen-bond acceptors (Lipinski definition) is 2. The fourth-order valence-electron chi connectivity index (χ4n) is 1.27. The minimum absolute atomic E-state index is 0.319. The van der Waals surface area contributed by atoms with Gasteiger partial charge in [0.05, 0.1) is 14.2 Å². The van der Waals surface area contributed by atoms with Crippen molar-refractivity contribution in [1.82, 2.24) is 0 Å². The van der Waals surface area contributed by atoms with Gasteiger partial charge < -0.3 is 9.47 Å². The molecular formula is C11H11F3O2. The number of alkyl halides is 3. The standard InChI is InChI=1S/C11H11F3O2/c1-15-9(8-6-4-3-5-7-8)10(16-2)11(12,13)14/h3-7H,1-2H3/b10-9-. The first-order valence-corrected chi connectivity index (χ1v) is 4.45. The van der Waals surface area contributed by atoms with Gasteiger partial charge in [-0.15, -0.1) is 0 Å². The van der Waals surface area contributed by atoms with E-state index in [4.69, 9.17) is 4.74 Å². The van der Waals surface area contributed by atoms with Gasteiger partial charge >= 0.3 is 6.18 Å². The Labute approximate surface area is 91.3 Å². The zero-order valence-electron chi connectivity index (χ0n) is 8.84. The third kappa shape index (κ3) is 2.68. The first-order chi connectivity index (χ1) is 7.50. The Morgan fingerprint density at radius 2 is 1.56 bits per heavy atom. The number of halogens is 3. The second-order valence-corrected chi connectivity index (χ2v) is 2.93. The summed E-state index contributed by atoms with van der Waals surface area (Å²) >= 11 is 0. The van der Waals surface area contributed by atoms with Crippen molar-refractivity contribution in [2.45, 2.75) is 6.18 Å². The molecule has 0 atom stereocenters. The molecular weight excluding hydrogens is 221 g/mol. The van der Waals surface area contributed by atoms with Crippen LogP contribution in [-0.4, -0.2) is 20.4 Å². The minimum atomic E-state index is -4.57. The molecule has 2 nitrogen and oxygen atoms in total. The Hall–Kier alpha value is -1.65. The van der Waals surface area contributed by atoms with E-state index in [2.05, 4.69) is 4.74 Å². The monoisotopic (exact) mass is 232 g/mol. The molecule has 1 aromatic rings. The van der Waals surface area contributed by atoms with Crippen LogP contribution in [0, 0.1) is 0 Å². The van der Waals surface area contributed by atoms with E-state index in [1.54, 1.807) is 18.2 Å². The number of methoxy groups -OCH3 is 2. The molecule has 16 heavy (non-hydrogen) atoms. The van der Waals surface area contributed by atoms with Crippen LogP contribution in [0.2, 0.25) is 0 Å². The van der Waals surface area contributed by atoms with Crippen LogP contribution in [0.15, 0.2) is 36.1 Å². The van der Waals surface area contributed by atoms with Crippen LogP contribution < -0.4 is 0 Å². The van der Waals surface area contributed by atoms with Crippen molar-refractivity contribution in [3.8, 4) is 0 Å². The maximum Gasteiger partial charge on any atom is 0.452 e. The SMILES string of the molecule is CO/C(=C(\OC)C(F)(F)F)c1ccccc1. The zero-order valence-corrected chi connectivity index (χ0v) is 8.84. The molecule has 0 saturated carbocycles. The van der Waals surface area contributed by atoms with Gasteiger partial charge in [-0.1, -0.05) is 30.3 Å². The van der Waals surface area contributed by atoms with Crippen molar-refractivity contribution in [2.24, 2.45) is 0 Å². The van der Waals surface area contributed by atoms with Crippen LogP contribution in [0.4, 0.5) is 13.2 Å². The fraction of sp³-hybridized carbons (Fsp3) is 0.273. The average molecular weight is 232 g/mol. The quantitative estimate of drug-likeness (QED) is 0.745. The molecule has 0 aliphatic rings. The summed E-state index contributed by atoms with van der Waals surface area (Å²) < 4.78 is 46.8. The Kier molecular flexibility index (Phi) is 3.82. The van der Waals surface area contributed by atoms with E-state index in [0.717, 1.165) is 7.11 Å². The highest BCUT2D eigenvalue weighted by atomic mass is 19.4. The number of rotatable bonds is 3. The Morgan fingerprint density at radius 3 is 1.94 bits per heavy atom. The lowest BCUT2D eigenvalue weighted by Gasteiger charge is -2.15. The second kappa shape index (κ2) is 4.92. The van der Waals surface area contributed by atoms with Crippen molar-refractivity contribution in [2.75, 3.05) is 14.2 Å². The van der Waals surface area contributed by atoms with Crippen LogP contribution in [0.5, 0.6) is 0 Å². The number of ether oxygens (including phenoxy) is 2. The fourth-order valence-corrected chi connectivity index (χ4v) is 1.27. The van der Waals surface area contributed by atoms with Gasteiger partial charge in [-0.25, -0.2) is 0 Å². The Morgan fingerprint density at radius 1 is 1.00 bits per heavy atom. The molecule has 0 aromatic heterocycles. The molecule has 0 aliphatic heterocycles. The minimum Gasteiger partial charge on any atom is -0.492 e. The average Bonchev–Trinajstić information content (AvgIpc) is 2.25. The topological polar surface area (TPSA) is 18.5 Å². The molecule has 0 N–H and O–H groups in total. The van der Waals surface area contributed by atoms with Crippen LogP contribution >= 0.6 is 0 Å². The van der Waals surface area contributed by atoms with Crippen molar-refractivity contribution in [1.29, 1.82) is 0 Å². The molecule has 0 spiro atoms. The molecule has 0 aliphatic carbocycles. The van der Waals surface area contributed by atoms with Gasteiger partial charge in [-0.05, 0) is 0 Å². The summed E-state index contributed by atoms with van der Waals surface area (Å²) in [4.78, 5) is 0. The highest BCUT2D eigenvalue weighted by Gasteiger charge is 2.39. The van der Waals surface area contributed by atoms with E-state index in [0.29, 0.717) is 5.56 Å². The molecule has 0 amide bonds. The number of benzene rings is 1. The summed E-state index contributed by atoms with van der Waals surface area (Å²) in [6, 6.07) is 7.99. The lowest BCUT2D eigenvalue weighted by molar-refractivity contribution is -0.126. The number of hydrogen-bond donors (Lipinski definition) is 0. The maximum absolute atomic E-state index is 12.6. The normalized spacial score (nSPS) is 13.1. The summed E-state index contributed by atoms with van der Waals surface area (Å²) in [5.74, 6) is -1.46. The molecule has 0 fully saturated rings.